The number of nitrogens with zero attached hydrogens (tertiary/aromatic N) is 2. The zero-order valence-corrected chi connectivity index (χ0v) is 31.0. The van der Waals surface area contributed by atoms with Crippen molar-refractivity contribution in [3.8, 4) is 67.2 Å². The first-order valence-electron chi connectivity index (χ1n) is 18.8. The molecule has 56 heavy (non-hydrogen) atoms. The predicted molar refractivity (Wildman–Crippen MR) is 235 cm³/mol. The number of hydrogen-bond acceptors (Lipinski definition) is 4. The Bertz CT molecular complexity index is 3240. The number of para-hydroxylation sites is 1. The third-order valence-corrected chi connectivity index (χ3v) is 11.9. The monoisotopic (exact) mass is 732 g/mol. The lowest BCUT2D eigenvalue weighted by Gasteiger charge is -2.19. The van der Waals surface area contributed by atoms with Crippen LogP contribution in [0.4, 0.5) is 0 Å². The van der Waals surface area contributed by atoms with Crippen LogP contribution in [0, 0.1) is 0 Å². The molecule has 8 aromatic carbocycles. The van der Waals surface area contributed by atoms with Gasteiger partial charge in [-0.25, -0.2) is 9.97 Å². The van der Waals surface area contributed by atoms with Crippen molar-refractivity contribution < 1.29 is 4.42 Å². The van der Waals surface area contributed by atoms with Crippen LogP contribution in [0.5, 0.6) is 0 Å². The maximum absolute atomic E-state index is 6.43. The summed E-state index contributed by atoms with van der Waals surface area (Å²) in [6.07, 6.45) is 0. The average Bonchev–Trinajstić information content (AvgIpc) is 3.85. The van der Waals surface area contributed by atoms with Crippen LogP contribution in [0.15, 0.2) is 199 Å². The molecule has 3 nitrogen and oxygen atoms in total. The molecule has 3 aromatic heterocycles. The van der Waals surface area contributed by atoms with Crippen molar-refractivity contribution in [1.82, 2.24) is 9.97 Å². The van der Waals surface area contributed by atoms with Crippen LogP contribution < -0.4 is 0 Å². The van der Waals surface area contributed by atoms with Crippen molar-refractivity contribution in [3.05, 3.63) is 194 Å². The molecule has 262 valence electrons. The summed E-state index contributed by atoms with van der Waals surface area (Å²) in [5.41, 5.74) is 14.8. The Labute approximate surface area is 327 Å². The number of fused-ring (bicyclic) bond motifs is 6. The van der Waals surface area contributed by atoms with Crippen LogP contribution in [0.1, 0.15) is 0 Å². The van der Waals surface area contributed by atoms with Gasteiger partial charge in [0.15, 0.2) is 5.82 Å². The Balaban J connectivity index is 1.16. The summed E-state index contributed by atoms with van der Waals surface area (Å²) in [5, 5.41) is 3.39. The van der Waals surface area contributed by atoms with Gasteiger partial charge < -0.3 is 4.42 Å². The molecule has 0 aliphatic carbocycles. The van der Waals surface area contributed by atoms with Crippen molar-refractivity contribution in [1.29, 1.82) is 0 Å². The molecule has 0 aliphatic heterocycles. The number of rotatable bonds is 6. The third-order valence-electron chi connectivity index (χ3n) is 10.7. The molecule has 0 saturated carbocycles. The molecule has 0 atom stereocenters. The number of aromatic nitrogens is 2. The van der Waals surface area contributed by atoms with Gasteiger partial charge in [-0.15, -0.1) is 11.3 Å². The Hall–Kier alpha value is -7.14. The van der Waals surface area contributed by atoms with Gasteiger partial charge in [0.2, 0.25) is 0 Å². The van der Waals surface area contributed by atoms with E-state index in [9.17, 15) is 0 Å². The van der Waals surface area contributed by atoms with Crippen molar-refractivity contribution >= 4 is 53.6 Å². The second-order valence-electron chi connectivity index (χ2n) is 14.1. The molecule has 3 heterocycles. The van der Waals surface area contributed by atoms with Gasteiger partial charge in [0.25, 0.3) is 0 Å². The van der Waals surface area contributed by atoms with Gasteiger partial charge in [-0.2, -0.15) is 0 Å². The second-order valence-corrected chi connectivity index (χ2v) is 15.2. The molecule has 0 spiro atoms. The number of benzene rings is 8. The summed E-state index contributed by atoms with van der Waals surface area (Å²) in [6.45, 7) is 0. The van der Waals surface area contributed by atoms with E-state index in [1.807, 2.05) is 18.2 Å². The molecule has 0 unspecified atom stereocenters. The molecule has 4 heteroatoms. The van der Waals surface area contributed by atoms with E-state index in [1.165, 1.54) is 4.70 Å². The van der Waals surface area contributed by atoms with Gasteiger partial charge in [-0.1, -0.05) is 152 Å². The number of thiophene rings is 1. The maximum atomic E-state index is 6.43. The lowest BCUT2D eigenvalue weighted by atomic mass is 9.84. The van der Waals surface area contributed by atoms with Gasteiger partial charge >= 0.3 is 0 Å². The minimum Gasteiger partial charge on any atom is -0.456 e. The van der Waals surface area contributed by atoms with E-state index in [0.717, 1.165) is 98.9 Å². The highest BCUT2D eigenvalue weighted by atomic mass is 32.1. The van der Waals surface area contributed by atoms with Gasteiger partial charge in [-0.05, 0) is 87.0 Å². The number of furan rings is 1. The summed E-state index contributed by atoms with van der Waals surface area (Å²) >= 11 is 1.76. The zero-order valence-electron chi connectivity index (χ0n) is 30.2. The largest absolute Gasteiger partial charge is 0.456 e. The SMILES string of the molecule is c1ccc(-c2cc(-c3cccc(-c4nc(-c5ccccc5)c5sc6ccccc6c5n4)c3)c(-c3ccccc3)c(-c3ccc4c(c3)oc3ccccc34)c2)cc1. The highest BCUT2D eigenvalue weighted by Crippen LogP contribution is 2.46. The molecule has 0 radical (unpaired) electrons. The Kier molecular flexibility index (Phi) is 7.68. The van der Waals surface area contributed by atoms with Gasteiger partial charge in [-0.3, -0.25) is 0 Å². The standard InChI is InChI=1S/C52H32N2OS/c1-4-15-33(16-5-1)39-30-43(48(34-17-6-2-7-18-34)44(31-39)37-27-28-41-40-23-10-12-25-45(40)55-46(41)32-37)36-21-14-22-38(29-36)52-53-49(35-19-8-3-9-20-35)51-50(54-52)42-24-11-13-26-47(42)56-51/h1-32H. The normalized spacial score (nSPS) is 11.6. The summed E-state index contributed by atoms with van der Waals surface area (Å²) in [7, 11) is 0. The van der Waals surface area contributed by atoms with E-state index < -0.39 is 0 Å². The second kappa shape index (κ2) is 13.3. The molecular weight excluding hydrogens is 701 g/mol. The third kappa shape index (κ3) is 5.50. The number of hydrogen-bond donors (Lipinski definition) is 0. The lowest BCUT2D eigenvalue weighted by molar-refractivity contribution is 0.669. The van der Waals surface area contributed by atoms with Gasteiger partial charge in [0.05, 0.1) is 15.9 Å². The van der Waals surface area contributed by atoms with Crippen molar-refractivity contribution in [2.75, 3.05) is 0 Å². The average molecular weight is 733 g/mol. The van der Waals surface area contributed by atoms with E-state index in [-0.39, 0.29) is 0 Å². The van der Waals surface area contributed by atoms with Crippen molar-refractivity contribution in [2.24, 2.45) is 0 Å². The first-order valence-corrected chi connectivity index (χ1v) is 19.6. The topological polar surface area (TPSA) is 38.9 Å². The molecule has 0 aliphatic rings. The van der Waals surface area contributed by atoms with Crippen LogP contribution in [0.3, 0.4) is 0 Å². The lowest BCUT2D eigenvalue weighted by Crippen LogP contribution is -1.95. The van der Waals surface area contributed by atoms with E-state index in [2.05, 4.69) is 176 Å². The van der Waals surface area contributed by atoms with Gasteiger partial charge in [0.1, 0.15) is 11.2 Å². The minimum atomic E-state index is 0.706. The fourth-order valence-corrected chi connectivity index (χ4v) is 9.20. The fraction of sp³-hybridized carbons (Fsp3) is 0. The Morgan fingerprint density at radius 1 is 0.375 bits per heavy atom. The van der Waals surface area contributed by atoms with Crippen LogP contribution in [-0.2, 0) is 0 Å². The molecule has 11 aromatic rings. The van der Waals surface area contributed by atoms with E-state index in [4.69, 9.17) is 14.4 Å². The van der Waals surface area contributed by atoms with Gasteiger partial charge in [0, 0.05) is 32.0 Å². The Morgan fingerprint density at radius 3 is 1.73 bits per heavy atom. The van der Waals surface area contributed by atoms with Crippen molar-refractivity contribution in [2.45, 2.75) is 0 Å². The quantitative estimate of drug-likeness (QED) is 0.171. The summed E-state index contributed by atoms with van der Waals surface area (Å²) < 4.78 is 8.74. The molecular formula is C52H32N2OS. The molecule has 11 rings (SSSR count). The highest BCUT2D eigenvalue weighted by molar-refractivity contribution is 7.26. The molecule has 0 amide bonds. The maximum Gasteiger partial charge on any atom is 0.160 e. The first-order chi connectivity index (χ1) is 27.7. The first kappa shape index (κ1) is 32.3. The van der Waals surface area contributed by atoms with E-state index in [1.54, 1.807) is 11.3 Å². The Morgan fingerprint density at radius 2 is 0.964 bits per heavy atom. The summed E-state index contributed by atoms with van der Waals surface area (Å²) in [4.78, 5) is 10.6. The van der Waals surface area contributed by atoms with Crippen LogP contribution in [0.25, 0.3) is 109 Å². The fourth-order valence-electron chi connectivity index (χ4n) is 8.04. The van der Waals surface area contributed by atoms with E-state index >= 15 is 0 Å². The summed E-state index contributed by atoms with van der Waals surface area (Å²) in [5.74, 6) is 0.706. The van der Waals surface area contributed by atoms with Crippen LogP contribution in [-0.4, -0.2) is 9.97 Å². The van der Waals surface area contributed by atoms with Crippen LogP contribution in [0.2, 0.25) is 0 Å². The minimum absolute atomic E-state index is 0.706. The smallest absolute Gasteiger partial charge is 0.160 e. The highest BCUT2D eigenvalue weighted by Gasteiger charge is 2.21. The summed E-state index contributed by atoms with van der Waals surface area (Å²) in [6, 6.07) is 68.7. The van der Waals surface area contributed by atoms with Crippen molar-refractivity contribution in [3.63, 3.8) is 0 Å². The molecule has 0 bridgehead atoms. The molecule has 0 saturated heterocycles. The molecule has 0 N–H and O–H groups in total. The zero-order chi connectivity index (χ0) is 37.0. The van der Waals surface area contributed by atoms with Crippen LogP contribution >= 0.6 is 11.3 Å². The van der Waals surface area contributed by atoms with E-state index in [0.29, 0.717) is 5.82 Å². The predicted octanol–water partition coefficient (Wildman–Crippen LogP) is 14.7. The molecule has 0 fully saturated rings.